The van der Waals surface area contributed by atoms with E-state index in [1.165, 1.54) is 0 Å². The van der Waals surface area contributed by atoms with Gasteiger partial charge in [-0.05, 0) is 48.3 Å². The van der Waals surface area contributed by atoms with Gasteiger partial charge in [0.1, 0.15) is 4.88 Å². The molecule has 2 heterocycles. The molecule has 1 aliphatic heterocycles. The van der Waals surface area contributed by atoms with Crippen LogP contribution in [0.5, 0.6) is 0 Å². The number of nitrogens with zero attached hydrogens (tertiary/aromatic N) is 3. The number of hydrogen-bond acceptors (Lipinski definition) is 5. The SMILES string of the molecule is Cc1nnsc1C(=O)N1CCC(CNC(=O)CC(c2ccccc2)c2ccccc2)CC1. The molecule has 1 aliphatic rings. The number of carbonyl (C=O) groups excluding carboxylic acids is 2. The number of benzene rings is 2. The smallest absolute Gasteiger partial charge is 0.267 e. The van der Waals surface area contributed by atoms with Crippen LogP contribution in [0.1, 0.15) is 51.7 Å². The third-order valence-corrected chi connectivity index (χ3v) is 6.94. The van der Waals surface area contributed by atoms with E-state index in [2.05, 4.69) is 39.2 Å². The number of hydrogen-bond donors (Lipinski definition) is 1. The molecule has 0 atom stereocenters. The van der Waals surface area contributed by atoms with Gasteiger partial charge in [-0.1, -0.05) is 65.2 Å². The van der Waals surface area contributed by atoms with E-state index in [4.69, 9.17) is 0 Å². The first-order chi connectivity index (χ1) is 15.6. The van der Waals surface area contributed by atoms with Crippen LogP contribution in [0.3, 0.4) is 0 Å². The molecule has 1 N–H and O–H groups in total. The summed E-state index contributed by atoms with van der Waals surface area (Å²) in [4.78, 5) is 28.0. The zero-order chi connectivity index (χ0) is 22.3. The Morgan fingerprint density at radius 3 is 2.16 bits per heavy atom. The zero-order valence-corrected chi connectivity index (χ0v) is 19.1. The molecule has 0 spiro atoms. The van der Waals surface area contributed by atoms with E-state index in [0.717, 1.165) is 35.5 Å². The van der Waals surface area contributed by atoms with Crippen molar-refractivity contribution in [2.75, 3.05) is 19.6 Å². The van der Waals surface area contributed by atoms with Gasteiger partial charge < -0.3 is 10.2 Å². The van der Waals surface area contributed by atoms with Crippen molar-refractivity contribution in [2.24, 2.45) is 5.92 Å². The maximum Gasteiger partial charge on any atom is 0.267 e. The zero-order valence-electron chi connectivity index (χ0n) is 18.2. The predicted octanol–water partition coefficient (Wildman–Crippen LogP) is 4.04. The van der Waals surface area contributed by atoms with Crippen molar-refractivity contribution in [3.63, 3.8) is 0 Å². The molecule has 0 radical (unpaired) electrons. The Morgan fingerprint density at radius 1 is 1.03 bits per heavy atom. The van der Waals surface area contributed by atoms with Crippen molar-refractivity contribution in [1.82, 2.24) is 19.8 Å². The van der Waals surface area contributed by atoms with Crippen LogP contribution in [0.4, 0.5) is 0 Å². The van der Waals surface area contributed by atoms with Crippen LogP contribution >= 0.6 is 11.5 Å². The molecule has 2 amide bonds. The minimum Gasteiger partial charge on any atom is -0.356 e. The topological polar surface area (TPSA) is 75.2 Å². The van der Waals surface area contributed by atoms with Gasteiger partial charge >= 0.3 is 0 Å². The Hall–Kier alpha value is -3.06. The lowest BCUT2D eigenvalue weighted by Crippen LogP contribution is -2.41. The molecule has 3 aromatic rings. The lowest BCUT2D eigenvalue weighted by molar-refractivity contribution is -0.121. The van der Waals surface area contributed by atoms with Crippen molar-refractivity contribution in [1.29, 1.82) is 0 Å². The highest BCUT2D eigenvalue weighted by molar-refractivity contribution is 7.07. The highest BCUT2D eigenvalue weighted by Crippen LogP contribution is 2.28. The average molecular weight is 449 g/mol. The maximum atomic E-state index is 12.8. The molecule has 0 bridgehead atoms. The van der Waals surface area contributed by atoms with Gasteiger partial charge in [-0.25, -0.2) is 0 Å². The molecule has 1 saturated heterocycles. The minimum absolute atomic E-state index is 0.0218. The number of likely N-dealkylation sites (tertiary alicyclic amines) is 1. The maximum absolute atomic E-state index is 12.8. The van der Waals surface area contributed by atoms with Crippen LogP contribution in [-0.4, -0.2) is 45.9 Å². The molecule has 0 saturated carbocycles. The summed E-state index contributed by atoms with van der Waals surface area (Å²) in [5.41, 5.74) is 2.99. The Balaban J connectivity index is 1.29. The molecular formula is C25H28N4O2S. The van der Waals surface area contributed by atoms with E-state index >= 15 is 0 Å². The highest BCUT2D eigenvalue weighted by Gasteiger charge is 2.26. The summed E-state index contributed by atoms with van der Waals surface area (Å²) in [6.45, 7) is 3.87. The summed E-state index contributed by atoms with van der Waals surface area (Å²) in [6.07, 6.45) is 2.19. The van der Waals surface area contributed by atoms with Crippen molar-refractivity contribution in [3.05, 3.63) is 82.4 Å². The monoisotopic (exact) mass is 448 g/mol. The predicted molar refractivity (Wildman–Crippen MR) is 126 cm³/mol. The van der Waals surface area contributed by atoms with Crippen LogP contribution in [0, 0.1) is 12.8 Å². The number of aryl methyl sites for hydroxylation is 1. The fourth-order valence-electron chi connectivity index (χ4n) is 4.23. The van der Waals surface area contributed by atoms with E-state index in [9.17, 15) is 9.59 Å². The third-order valence-electron chi connectivity index (χ3n) is 6.13. The molecule has 166 valence electrons. The van der Waals surface area contributed by atoms with Crippen molar-refractivity contribution < 1.29 is 9.59 Å². The van der Waals surface area contributed by atoms with E-state index in [0.29, 0.717) is 42.5 Å². The van der Waals surface area contributed by atoms with Crippen LogP contribution in [0.15, 0.2) is 60.7 Å². The lowest BCUT2D eigenvalue weighted by atomic mass is 9.88. The number of piperidine rings is 1. The van der Waals surface area contributed by atoms with Gasteiger partial charge in [0.25, 0.3) is 5.91 Å². The summed E-state index contributed by atoms with van der Waals surface area (Å²) in [7, 11) is 0. The molecule has 7 heteroatoms. The Labute approximate surface area is 192 Å². The molecule has 32 heavy (non-hydrogen) atoms. The number of carbonyl (C=O) groups is 2. The van der Waals surface area contributed by atoms with E-state index in [-0.39, 0.29) is 17.7 Å². The second-order valence-corrected chi connectivity index (χ2v) is 9.06. The van der Waals surface area contributed by atoms with Crippen LogP contribution in [0.25, 0.3) is 0 Å². The summed E-state index contributed by atoms with van der Waals surface area (Å²) < 4.78 is 3.87. The van der Waals surface area contributed by atoms with Gasteiger partial charge in [0.2, 0.25) is 5.91 Å². The van der Waals surface area contributed by atoms with Gasteiger partial charge in [-0.15, -0.1) is 5.10 Å². The van der Waals surface area contributed by atoms with Crippen LogP contribution < -0.4 is 5.32 Å². The molecule has 4 rings (SSSR count). The van der Waals surface area contributed by atoms with Crippen LogP contribution in [0.2, 0.25) is 0 Å². The number of aromatic nitrogens is 2. The van der Waals surface area contributed by atoms with E-state index in [1.807, 2.05) is 48.2 Å². The Morgan fingerprint density at radius 2 is 1.62 bits per heavy atom. The molecule has 6 nitrogen and oxygen atoms in total. The first-order valence-corrected chi connectivity index (χ1v) is 11.8. The summed E-state index contributed by atoms with van der Waals surface area (Å²) in [5, 5.41) is 7.08. The fraction of sp³-hybridized carbons (Fsp3) is 0.360. The number of amides is 2. The fourth-order valence-corrected chi connectivity index (χ4v) is 4.85. The Kier molecular flexibility index (Phi) is 7.27. The summed E-state index contributed by atoms with van der Waals surface area (Å²) >= 11 is 1.16. The van der Waals surface area contributed by atoms with Gasteiger partial charge in [0, 0.05) is 32.0 Å². The summed E-state index contributed by atoms with van der Waals surface area (Å²) in [5.74, 6) is 0.504. The largest absolute Gasteiger partial charge is 0.356 e. The highest BCUT2D eigenvalue weighted by atomic mass is 32.1. The van der Waals surface area contributed by atoms with Crippen molar-refractivity contribution in [3.8, 4) is 0 Å². The van der Waals surface area contributed by atoms with Crippen molar-refractivity contribution >= 4 is 23.3 Å². The van der Waals surface area contributed by atoms with Crippen LogP contribution in [-0.2, 0) is 4.79 Å². The molecule has 1 aromatic heterocycles. The third kappa shape index (κ3) is 5.40. The second-order valence-electron chi connectivity index (χ2n) is 8.31. The average Bonchev–Trinajstić information content (AvgIpc) is 3.28. The van der Waals surface area contributed by atoms with Gasteiger partial charge in [-0.2, -0.15) is 0 Å². The van der Waals surface area contributed by atoms with E-state index < -0.39 is 0 Å². The number of rotatable bonds is 7. The molecule has 2 aromatic carbocycles. The van der Waals surface area contributed by atoms with Crippen molar-refractivity contribution in [2.45, 2.75) is 32.1 Å². The molecule has 0 unspecified atom stereocenters. The minimum atomic E-state index is 0.0218. The second kappa shape index (κ2) is 10.5. The number of nitrogens with one attached hydrogen (secondary N) is 1. The normalized spacial score (nSPS) is 14.5. The van der Waals surface area contributed by atoms with E-state index in [1.54, 1.807) is 0 Å². The quantitative estimate of drug-likeness (QED) is 0.592. The lowest BCUT2D eigenvalue weighted by Gasteiger charge is -2.32. The Bertz CT molecular complexity index is 991. The molecule has 0 aliphatic carbocycles. The molecule has 1 fully saturated rings. The first kappa shape index (κ1) is 22.1. The molecular weight excluding hydrogens is 420 g/mol. The van der Waals surface area contributed by atoms with Gasteiger partial charge in [0.05, 0.1) is 5.69 Å². The van der Waals surface area contributed by atoms with Gasteiger partial charge in [-0.3, -0.25) is 9.59 Å². The first-order valence-electron chi connectivity index (χ1n) is 11.1. The standard InChI is InChI=1S/C25H28N4O2S/c1-18-24(32-28-27-18)25(31)29-14-12-19(13-15-29)17-26-23(30)16-22(20-8-4-2-5-9-20)21-10-6-3-7-11-21/h2-11,19,22H,12-17H2,1H3,(H,26,30). The summed E-state index contributed by atoms with van der Waals surface area (Å²) in [6, 6.07) is 20.4. The van der Waals surface area contributed by atoms with Gasteiger partial charge in [0.15, 0.2) is 0 Å².